The van der Waals surface area contributed by atoms with Gasteiger partial charge in [-0.3, -0.25) is 0 Å². The molecule has 0 atom stereocenters. The number of anilines is 1. The lowest BCUT2D eigenvalue weighted by molar-refractivity contribution is 0.884. The van der Waals surface area contributed by atoms with Gasteiger partial charge in [0, 0.05) is 17.8 Å². The first-order valence-corrected chi connectivity index (χ1v) is 7.17. The van der Waals surface area contributed by atoms with Gasteiger partial charge in [0.15, 0.2) is 0 Å². The predicted molar refractivity (Wildman–Crippen MR) is 83.4 cm³/mol. The topological polar surface area (TPSA) is 55.1 Å². The molecule has 0 aliphatic rings. The van der Waals surface area contributed by atoms with E-state index >= 15 is 0 Å². The smallest absolute Gasteiger partial charge is 0.254 e. The number of benzene rings is 1. The van der Waals surface area contributed by atoms with E-state index in [2.05, 4.69) is 58.5 Å². The van der Waals surface area contributed by atoms with Crippen molar-refractivity contribution in [2.24, 2.45) is 0 Å². The van der Waals surface area contributed by atoms with Crippen LogP contribution in [-0.2, 0) is 13.0 Å². The van der Waals surface area contributed by atoms with Crippen molar-refractivity contribution >= 4 is 11.6 Å². The Balaban J connectivity index is 1.95. The molecule has 1 N–H and O–H groups in total. The number of fused-ring (bicyclic) bond motifs is 1. The van der Waals surface area contributed by atoms with E-state index in [1.165, 1.54) is 23.0 Å². The zero-order valence-corrected chi connectivity index (χ0v) is 12.6. The summed E-state index contributed by atoms with van der Waals surface area (Å²) in [6.45, 7) is 7.00. The monoisotopic (exact) mass is 281 g/mol. The molecule has 5 nitrogen and oxygen atoms in total. The van der Waals surface area contributed by atoms with Gasteiger partial charge in [0.25, 0.3) is 5.78 Å². The van der Waals surface area contributed by atoms with Crippen molar-refractivity contribution in [1.82, 2.24) is 19.6 Å². The van der Waals surface area contributed by atoms with Crippen LogP contribution in [0.5, 0.6) is 0 Å². The van der Waals surface area contributed by atoms with Crippen molar-refractivity contribution < 1.29 is 0 Å². The molecule has 0 spiro atoms. The maximum Gasteiger partial charge on any atom is 0.254 e. The molecule has 2 aromatic heterocycles. The van der Waals surface area contributed by atoms with Crippen molar-refractivity contribution in [3.63, 3.8) is 0 Å². The lowest BCUT2D eigenvalue weighted by Gasteiger charge is -2.14. The summed E-state index contributed by atoms with van der Waals surface area (Å²) in [7, 11) is 0. The summed E-state index contributed by atoms with van der Waals surface area (Å²) in [6, 6.07) is 8.53. The lowest BCUT2D eigenvalue weighted by Crippen LogP contribution is -2.11. The molecule has 2 heterocycles. The second-order valence-electron chi connectivity index (χ2n) is 5.19. The van der Waals surface area contributed by atoms with Gasteiger partial charge in [-0.05, 0) is 25.8 Å². The van der Waals surface area contributed by atoms with Gasteiger partial charge in [0.1, 0.15) is 12.1 Å². The second-order valence-corrected chi connectivity index (χ2v) is 5.19. The third-order valence-electron chi connectivity index (χ3n) is 3.67. The van der Waals surface area contributed by atoms with Gasteiger partial charge in [0.05, 0.1) is 0 Å². The molecule has 5 heteroatoms. The van der Waals surface area contributed by atoms with Crippen molar-refractivity contribution in [2.45, 2.75) is 33.7 Å². The van der Waals surface area contributed by atoms with E-state index in [1.54, 1.807) is 4.52 Å². The summed E-state index contributed by atoms with van der Waals surface area (Å²) < 4.78 is 1.78. The predicted octanol–water partition coefficient (Wildman–Crippen LogP) is 2.92. The van der Waals surface area contributed by atoms with Crippen LogP contribution in [-0.4, -0.2) is 19.6 Å². The molecular formula is C16H19N5. The first-order chi connectivity index (χ1) is 10.2. The lowest BCUT2D eigenvalue weighted by atomic mass is 10.1. The van der Waals surface area contributed by atoms with Crippen LogP contribution in [0.25, 0.3) is 5.78 Å². The maximum absolute atomic E-state index is 4.48. The first-order valence-electron chi connectivity index (χ1n) is 7.17. The number of rotatable bonds is 4. The summed E-state index contributed by atoms with van der Waals surface area (Å²) in [5, 5.41) is 7.77. The zero-order chi connectivity index (χ0) is 14.8. The van der Waals surface area contributed by atoms with Crippen LogP contribution in [0.15, 0.2) is 30.6 Å². The Kier molecular flexibility index (Phi) is 3.56. The summed E-state index contributed by atoms with van der Waals surface area (Å²) in [6.07, 6.45) is 2.45. The van der Waals surface area contributed by atoms with E-state index < -0.39 is 0 Å². The molecule has 0 unspecified atom stereocenters. The van der Waals surface area contributed by atoms with Gasteiger partial charge in [-0.25, -0.2) is 4.98 Å². The number of aromatic nitrogens is 4. The quantitative estimate of drug-likeness (QED) is 0.799. The van der Waals surface area contributed by atoms with Crippen molar-refractivity contribution in [2.75, 3.05) is 5.32 Å². The molecule has 0 aliphatic carbocycles. The summed E-state index contributed by atoms with van der Waals surface area (Å²) in [5.74, 6) is 1.62. The molecule has 0 radical (unpaired) electrons. The van der Waals surface area contributed by atoms with Crippen LogP contribution in [0.2, 0.25) is 0 Å². The summed E-state index contributed by atoms with van der Waals surface area (Å²) in [4.78, 5) is 8.67. The Morgan fingerprint density at radius 1 is 1.14 bits per heavy atom. The van der Waals surface area contributed by atoms with Gasteiger partial charge in [-0.1, -0.05) is 36.8 Å². The Labute approximate surface area is 124 Å². The molecule has 108 valence electrons. The highest BCUT2D eigenvalue weighted by atomic mass is 15.4. The SMILES string of the molecule is CCc1c(C)nc2ncnn2c1NCc1ccc(C)cc1. The largest absolute Gasteiger partial charge is 0.366 e. The highest BCUT2D eigenvalue weighted by molar-refractivity contribution is 5.52. The Morgan fingerprint density at radius 2 is 1.90 bits per heavy atom. The molecule has 1 aromatic carbocycles. The van der Waals surface area contributed by atoms with Gasteiger partial charge >= 0.3 is 0 Å². The van der Waals surface area contributed by atoms with Crippen LogP contribution in [0.1, 0.15) is 29.3 Å². The average Bonchev–Trinajstić information content (AvgIpc) is 2.94. The van der Waals surface area contributed by atoms with Crippen molar-refractivity contribution in [3.05, 3.63) is 53.0 Å². The molecular weight excluding hydrogens is 262 g/mol. The average molecular weight is 281 g/mol. The van der Waals surface area contributed by atoms with Crippen LogP contribution in [0, 0.1) is 13.8 Å². The fourth-order valence-corrected chi connectivity index (χ4v) is 2.48. The van der Waals surface area contributed by atoms with E-state index in [0.717, 1.165) is 24.5 Å². The van der Waals surface area contributed by atoms with Gasteiger partial charge < -0.3 is 5.32 Å². The van der Waals surface area contributed by atoms with Crippen molar-refractivity contribution in [1.29, 1.82) is 0 Å². The number of aryl methyl sites for hydroxylation is 2. The molecule has 0 saturated carbocycles. The third kappa shape index (κ3) is 2.59. The molecule has 3 aromatic rings. The van der Waals surface area contributed by atoms with E-state index in [4.69, 9.17) is 0 Å². The normalized spacial score (nSPS) is 11.0. The third-order valence-corrected chi connectivity index (χ3v) is 3.67. The molecule has 21 heavy (non-hydrogen) atoms. The number of hydrogen-bond acceptors (Lipinski definition) is 4. The Bertz CT molecular complexity index is 758. The maximum atomic E-state index is 4.48. The van der Waals surface area contributed by atoms with Gasteiger partial charge in [-0.2, -0.15) is 14.6 Å². The fourth-order valence-electron chi connectivity index (χ4n) is 2.48. The molecule has 0 fully saturated rings. The van der Waals surface area contributed by atoms with E-state index in [9.17, 15) is 0 Å². The molecule has 0 amide bonds. The minimum absolute atomic E-state index is 0.635. The molecule has 0 saturated heterocycles. The van der Waals surface area contributed by atoms with Gasteiger partial charge in [0.2, 0.25) is 0 Å². The van der Waals surface area contributed by atoms with E-state index in [0.29, 0.717) is 5.78 Å². The second kappa shape index (κ2) is 5.52. The molecule has 3 rings (SSSR count). The van der Waals surface area contributed by atoms with Gasteiger partial charge in [-0.15, -0.1) is 0 Å². The highest BCUT2D eigenvalue weighted by Gasteiger charge is 2.12. The standard InChI is InChI=1S/C16H19N5/c1-4-14-12(3)20-16-18-10-19-21(16)15(14)17-9-13-7-5-11(2)6-8-13/h5-8,10,17H,4,9H2,1-3H3. The number of nitrogens with one attached hydrogen (secondary N) is 1. The molecule has 0 aliphatic heterocycles. The Hall–Kier alpha value is -2.43. The minimum Gasteiger partial charge on any atom is -0.366 e. The number of nitrogens with zero attached hydrogens (tertiary/aromatic N) is 4. The molecule has 0 bridgehead atoms. The van der Waals surface area contributed by atoms with E-state index in [-0.39, 0.29) is 0 Å². The van der Waals surface area contributed by atoms with Crippen LogP contribution >= 0.6 is 0 Å². The fraction of sp³-hybridized carbons (Fsp3) is 0.312. The Morgan fingerprint density at radius 3 is 2.62 bits per heavy atom. The number of hydrogen-bond donors (Lipinski definition) is 1. The van der Waals surface area contributed by atoms with Crippen LogP contribution in [0.4, 0.5) is 5.82 Å². The minimum atomic E-state index is 0.635. The zero-order valence-electron chi connectivity index (χ0n) is 12.6. The summed E-state index contributed by atoms with van der Waals surface area (Å²) in [5.41, 5.74) is 4.70. The summed E-state index contributed by atoms with van der Waals surface area (Å²) >= 11 is 0. The van der Waals surface area contributed by atoms with E-state index in [1.807, 2.05) is 6.92 Å². The van der Waals surface area contributed by atoms with Crippen molar-refractivity contribution in [3.8, 4) is 0 Å². The van der Waals surface area contributed by atoms with Crippen LogP contribution < -0.4 is 5.32 Å². The van der Waals surface area contributed by atoms with Crippen LogP contribution in [0.3, 0.4) is 0 Å². The first kappa shape index (κ1) is 13.5. The highest BCUT2D eigenvalue weighted by Crippen LogP contribution is 2.20.